The van der Waals surface area contributed by atoms with Crippen LogP contribution in [0.15, 0.2) is 48.5 Å². The number of carbonyl (C=O) groups is 2. The largest absolute Gasteiger partial charge is 0.352 e. The molecule has 36 heavy (non-hydrogen) atoms. The van der Waals surface area contributed by atoms with Crippen LogP contribution in [0.25, 0.3) is 0 Å². The van der Waals surface area contributed by atoms with Crippen LogP contribution in [0.4, 0.5) is 5.69 Å². The van der Waals surface area contributed by atoms with Crippen molar-refractivity contribution in [2.45, 2.75) is 72.0 Å². The molecule has 0 bridgehead atoms. The average molecular weight is 536 g/mol. The van der Waals surface area contributed by atoms with Gasteiger partial charge in [-0.15, -0.1) is 0 Å². The number of anilines is 1. The maximum Gasteiger partial charge on any atom is 0.243 e. The van der Waals surface area contributed by atoms with Gasteiger partial charge in [0.05, 0.1) is 11.9 Å². The van der Waals surface area contributed by atoms with Gasteiger partial charge in [0, 0.05) is 30.6 Å². The summed E-state index contributed by atoms with van der Waals surface area (Å²) in [4.78, 5) is 28.2. The van der Waals surface area contributed by atoms with Crippen molar-refractivity contribution in [1.82, 2.24) is 10.2 Å². The molecule has 1 N–H and O–H groups in total. The fraction of sp³-hybridized carbons (Fsp3) is 0.481. The average Bonchev–Trinajstić information content (AvgIpc) is 2.82. The Morgan fingerprint density at radius 1 is 1.03 bits per heavy atom. The van der Waals surface area contributed by atoms with Crippen LogP contribution < -0.4 is 9.62 Å². The number of nitrogens with one attached hydrogen (secondary N) is 1. The number of sulfonamides is 1. The van der Waals surface area contributed by atoms with E-state index in [0.29, 0.717) is 30.1 Å². The molecule has 0 saturated carbocycles. The van der Waals surface area contributed by atoms with Gasteiger partial charge in [0.25, 0.3) is 0 Å². The lowest BCUT2D eigenvalue weighted by Crippen LogP contribution is -2.50. The number of hydrogen-bond acceptors (Lipinski definition) is 4. The highest BCUT2D eigenvalue weighted by molar-refractivity contribution is 7.92. The molecule has 2 unspecified atom stereocenters. The molecule has 0 aliphatic rings. The molecule has 0 aliphatic heterocycles. The van der Waals surface area contributed by atoms with Gasteiger partial charge in [-0.25, -0.2) is 8.42 Å². The standard InChI is InChI=1S/C27H38ClN3O4S/c1-6-21(4)29-27(33)25(7-2)30(19-22-12-9-8-11-20(22)3)26(32)13-10-18-31(36(5,34)35)24-16-14-23(28)15-17-24/h8-9,11-12,14-17,21,25H,6-7,10,13,18-19H2,1-5H3,(H,29,33). The minimum Gasteiger partial charge on any atom is -0.352 e. The summed E-state index contributed by atoms with van der Waals surface area (Å²) < 4.78 is 26.1. The second-order valence-electron chi connectivity index (χ2n) is 9.11. The Labute approximate surface area is 220 Å². The number of nitrogens with zero attached hydrogens (tertiary/aromatic N) is 2. The Bertz CT molecular complexity index is 1120. The molecule has 7 nitrogen and oxygen atoms in total. The Morgan fingerprint density at radius 3 is 2.22 bits per heavy atom. The van der Waals surface area contributed by atoms with Crippen LogP contribution in [0.5, 0.6) is 0 Å². The second-order valence-corrected chi connectivity index (χ2v) is 11.4. The first-order valence-electron chi connectivity index (χ1n) is 12.4. The molecule has 2 atom stereocenters. The predicted octanol–water partition coefficient (Wildman–Crippen LogP) is 4.92. The van der Waals surface area contributed by atoms with Crippen molar-refractivity contribution in [1.29, 1.82) is 0 Å². The van der Waals surface area contributed by atoms with Crippen LogP contribution in [-0.2, 0) is 26.2 Å². The van der Waals surface area contributed by atoms with Gasteiger partial charge in [0.1, 0.15) is 6.04 Å². The Morgan fingerprint density at radius 2 is 1.67 bits per heavy atom. The van der Waals surface area contributed by atoms with Crippen molar-refractivity contribution >= 4 is 39.1 Å². The molecule has 2 aromatic rings. The number of halogens is 1. The van der Waals surface area contributed by atoms with E-state index in [2.05, 4.69) is 5.32 Å². The second kappa shape index (κ2) is 13.7. The lowest BCUT2D eigenvalue weighted by atomic mass is 10.0. The first-order valence-corrected chi connectivity index (χ1v) is 14.6. The molecule has 0 saturated heterocycles. The maximum absolute atomic E-state index is 13.5. The Hall–Kier alpha value is -2.58. The molecule has 0 aliphatic carbocycles. The van der Waals surface area contributed by atoms with Gasteiger partial charge >= 0.3 is 0 Å². The maximum atomic E-state index is 13.5. The quantitative estimate of drug-likeness (QED) is 0.394. The zero-order valence-corrected chi connectivity index (χ0v) is 23.4. The summed E-state index contributed by atoms with van der Waals surface area (Å²) in [5.74, 6) is -0.360. The molecule has 198 valence electrons. The van der Waals surface area contributed by atoms with E-state index in [1.807, 2.05) is 52.0 Å². The van der Waals surface area contributed by atoms with Crippen LogP contribution >= 0.6 is 11.6 Å². The molecular formula is C27H38ClN3O4S. The first kappa shape index (κ1) is 29.6. The van der Waals surface area contributed by atoms with Crippen molar-refractivity contribution in [3.05, 3.63) is 64.7 Å². The van der Waals surface area contributed by atoms with E-state index in [1.165, 1.54) is 4.31 Å². The molecule has 0 spiro atoms. The van der Waals surface area contributed by atoms with E-state index >= 15 is 0 Å². The van der Waals surface area contributed by atoms with Crippen LogP contribution in [0.1, 0.15) is 57.6 Å². The van der Waals surface area contributed by atoms with Crippen molar-refractivity contribution in [2.24, 2.45) is 0 Å². The van der Waals surface area contributed by atoms with E-state index in [-0.39, 0.29) is 30.8 Å². The lowest BCUT2D eigenvalue weighted by molar-refractivity contribution is -0.141. The van der Waals surface area contributed by atoms with Crippen LogP contribution in [-0.4, -0.2) is 50.0 Å². The van der Waals surface area contributed by atoms with Gasteiger partial charge in [0.2, 0.25) is 21.8 Å². The van der Waals surface area contributed by atoms with Gasteiger partial charge < -0.3 is 10.2 Å². The SMILES string of the molecule is CCC(C)NC(=O)C(CC)N(Cc1ccccc1C)C(=O)CCCN(c1ccc(Cl)cc1)S(C)(=O)=O. The normalized spacial score (nSPS) is 13.1. The number of aryl methyl sites for hydroxylation is 1. The lowest BCUT2D eigenvalue weighted by Gasteiger charge is -2.32. The molecule has 0 radical (unpaired) electrons. The van der Waals surface area contributed by atoms with Crippen molar-refractivity contribution in [3.8, 4) is 0 Å². The Kier molecular flexibility index (Phi) is 11.2. The van der Waals surface area contributed by atoms with E-state index in [9.17, 15) is 18.0 Å². The molecule has 0 heterocycles. The highest BCUT2D eigenvalue weighted by atomic mass is 35.5. The fourth-order valence-corrected chi connectivity index (χ4v) is 5.03. The topological polar surface area (TPSA) is 86.8 Å². The minimum atomic E-state index is -3.55. The summed E-state index contributed by atoms with van der Waals surface area (Å²) >= 11 is 5.95. The molecule has 2 aromatic carbocycles. The van der Waals surface area contributed by atoms with E-state index < -0.39 is 16.1 Å². The van der Waals surface area contributed by atoms with Gasteiger partial charge in [-0.1, -0.05) is 49.7 Å². The van der Waals surface area contributed by atoms with Crippen molar-refractivity contribution in [2.75, 3.05) is 17.1 Å². The predicted molar refractivity (Wildman–Crippen MR) is 147 cm³/mol. The van der Waals surface area contributed by atoms with Crippen LogP contribution in [0.2, 0.25) is 5.02 Å². The van der Waals surface area contributed by atoms with Crippen molar-refractivity contribution < 1.29 is 18.0 Å². The summed E-state index contributed by atoms with van der Waals surface area (Å²) in [7, 11) is -3.55. The smallest absolute Gasteiger partial charge is 0.243 e. The summed E-state index contributed by atoms with van der Waals surface area (Å²) in [6, 6.07) is 13.7. The zero-order chi connectivity index (χ0) is 26.9. The zero-order valence-electron chi connectivity index (χ0n) is 21.8. The van der Waals surface area contributed by atoms with Gasteiger partial charge in [0.15, 0.2) is 0 Å². The molecule has 9 heteroatoms. The van der Waals surface area contributed by atoms with E-state index in [4.69, 9.17) is 11.6 Å². The number of hydrogen-bond donors (Lipinski definition) is 1. The number of benzene rings is 2. The van der Waals surface area contributed by atoms with Gasteiger partial charge in [-0.3, -0.25) is 13.9 Å². The molecule has 2 rings (SSSR count). The number of carbonyl (C=O) groups excluding carboxylic acids is 2. The number of rotatable bonds is 13. The summed E-state index contributed by atoms with van der Waals surface area (Å²) in [6.45, 7) is 8.26. The first-order chi connectivity index (χ1) is 17.0. The monoisotopic (exact) mass is 535 g/mol. The van der Waals surface area contributed by atoms with E-state index in [1.54, 1.807) is 29.2 Å². The third-order valence-corrected chi connectivity index (χ3v) is 7.70. The highest BCUT2D eigenvalue weighted by Gasteiger charge is 2.29. The molecule has 0 aromatic heterocycles. The summed E-state index contributed by atoms with van der Waals surface area (Å²) in [5, 5.41) is 3.52. The van der Waals surface area contributed by atoms with Crippen LogP contribution in [0, 0.1) is 6.92 Å². The Balaban J connectivity index is 2.23. The number of amides is 2. The molecule has 2 amide bonds. The third-order valence-electron chi connectivity index (χ3n) is 6.26. The minimum absolute atomic E-state index is 0.00431. The summed E-state index contributed by atoms with van der Waals surface area (Å²) in [5.41, 5.74) is 2.50. The third kappa shape index (κ3) is 8.52. The fourth-order valence-electron chi connectivity index (χ4n) is 3.94. The summed E-state index contributed by atoms with van der Waals surface area (Å²) in [6.07, 6.45) is 2.82. The highest BCUT2D eigenvalue weighted by Crippen LogP contribution is 2.22. The van der Waals surface area contributed by atoms with Crippen molar-refractivity contribution in [3.63, 3.8) is 0 Å². The van der Waals surface area contributed by atoms with Gasteiger partial charge in [-0.05, 0) is 68.5 Å². The van der Waals surface area contributed by atoms with E-state index in [0.717, 1.165) is 23.8 Å². The molecule has 0 fully saturated rings. The van der Waals surface area contributed by atoms with Gasteiger partial charge in [-0.2, -0.15) is 0 Å². The molecular weight excluding hydrogens is 498 g/mol. The van der Waals surface area contributed by atoms with Crippen LogP contribution in [0.3, 0.4) is 0 Å².